The standard InChI is InChI=1S/C19H19ClF2N2O3S/c1-3-23(4-2)28(26,27)13-5-6-18-12(9-13)7-8-24(18)19(25)14-10-16(21)17(22)11-15(14)20/h5-6,9-11H,3-4,7-8H2,1-2H3. The molecule has 2 aromatic rings. The van der Waals surface area contributed by atoms with E-state index in [0.29, 0.717) is 30.8 Å². The van der Waals surface area contributed by atoms with Crippen LogP contribution >= 0.6 is 11.6 Å². The topological polar surface area (TPSA) is 57.7 Å². The van der Waals surface area contributed by atoms with Crippen molar-refractivity contribution >= 4 is 33.2 Å². The minimum atomic E-state index is -3.61. The lowest BCUT2D eigenvalue weighted by molar-refractivity contribution is 0.0989. The summed E-state index contributed by atoms with van der Waals surface area (Å²) >= 11 is 5.91. The van der Waals surface area contributed by atoms with E-state index in [1.165, 1.54) is 15.3 Å². The molecule has 0 bridgehead atoms. The van der Waals surface area contributed by atoms with Crippen molar-refractivity contribution < 1.29 is 22.0 Å². The number of rotatable bonds is 5. The molecule has 5 nitrogen and oxygen atoms in total. The van der Waals surface area contributed by atoms with Crippen molar-refractivity contribution in [2.24, 2.45) is 0 Å². The van der Waals surface area contributed by atoms with E-state index in [9.17, 15) is 22.0 Å². The lowest BCUT2D eigenvalue weighted by atomic mass is 10.1. The van der Waals surface area contributed by atoms with Crippen molar-refractivity contribution in [2.45, 2.75) is 25.2 Å². The van der Waals surface area contributed by atoms with Gasteiger partial charge in [-0.25, -0.2) is 17.2 Å². The average Bonchev–Trinajstić information content (AvgIpc) is 3.08. The van der Waals surface area contributed by atoms with Crippen LogP contribution in [0.25, 0.3) is 0 Å². The molecule has 0 saturated carbocycles. The fourth-order valence-corrected chi connectivity index (χ4v) is 5.03. The number of hydrogen-bond acceptors (Lipinski definition) is 3. The van der Waals surface area contributed by atoms with Crippen LogP contribution in [0.3, 0.4) is 0 Å². The number of halogens is 3. The van der Waals surface area contributed by atoms with E-state index in [0.717, 1.165) is 12.1 Å². The first-order chi connectivity index (χ1) is 13.2. The molecule has 0 aromatic heterocycles. The van der Waals surface area contributed by atoms with Crippen molar-refractivity contribution in [1.29, 1.82) is 0 Å². The van der Waals surface area contributed by atoms with Crippen LogP contribution in [0.4, 0.5) is 14.5 Å². The highest BCUT2D eigenvalue weighted by molar-refractivity contribution is 7.89. The van der Waals surface area contributed by atoms with Crippen LogP contribution in [0.1, 0.15) is 29.8 Å². The van der Waals surface area contributed by atoms with E-state index in [2.05, 4.69) is 0 Å². The minimum Gasteiger partial charge on any atom is -0.308 e. The van der Waals surface area contributed by atoms with Crippen molar-refractivity contribution in [3.05, 3.63) is 58.1 Å². The van der Waals surface area contributed by atoms with E-state index in [1.807, 2.05) is 0 Å². The minimum absolute atomic E-state index is 0.145. The molecule has 0 aliphatic carbocycles. The summed E-state index contributed by atoms with van der Waals surface area (Å²) in [6.07, 6.45) is 0.448. The molecule has 0 saturated heterocycles. The molecule has 1 aliphatic rings. The van der Waals surface area contributed by atoms with Gasteiger partial charge in [0.15, 0.2) is 11.6 Å². The number of amides is 1. The van der Waals surface area contributed by atoms with Gasteiger partial charge in [0.05, 0.1) is 15.5 Å². The smallest absolute Gasteiger partial charge is 0.259 e. The molecule has 0 atom stereocenters. The molecule has 3 rings (SSSR count). The van der Waals surface area contributed by atoms with Gasteiger partial charge >= 0.3 is 0 Å². The third kappa shape index (κ3) is 3.52. The van der Waals surface area contributed by atoms with Crippen LogP contribution in [0.2, 0.25) is 5.02 Å². The number of carbonyl (C=O) groups is 1. The van der Waals surface area contributed by atoms with Crippen LogP contribution in [0.15, 0.2) is 35.2 Å². The number of carbonyl (C=O) groups excluding carboxylic acids is 1. The van der Waals surface area contributed by atoms with Gasteiger partial charge in [0.1, 0.15) is 0 Å². The molecule has 1 aliphatic heterocycles. The highest BCUT2D eigenvalue weighted by atomic mass is 35.5. The predicted molar refractivity (Wildman–Crippen MR) is 103 cm³/mol. The Bertz CT molecular complexity index is 1040. The Morgan fingerprint density at radius 3 is 2.43 bits per heavy atom. The summed E-state index contributed by atoms with van der Waals surface area (Å²) < 4.78 is 53.6. The molecule has 1 amide bonds. The highest BCUT2D eigenvalue weighted by Crippen LogP contribution is 2.33. The van der Waals surface area contributed by atoms with Gasteiger partial charge in [0.25, 0.3) is 5.91 Å². The van der Waals surface area contributed by atoms with Gasteiger partial charge < -0.3 is 4.90 Å². The lowest BCUT2D eigenvalue weighted by Gasteiger charge is -2.20. The van der Waals surface area contributed by atoms with Gasteiger partial charge in [-0.05, 0) is 42.3 Å². The van der Waals surface area contributed by atoms with Gasteiger partial charge in [-0.2, -0.15) is 4.31 Å². The summed E-state index contributed by atoms with van der Waals surface area (Å²) in [5.41, 5.74) is 1.08. The second kappa shape index (κ2) is 7.77. The van der Waals surface area contributed by atoms with Crippen LogP contribution in [0.5, 0.6) is 0 Å². The molecule has 0 radical (unpaired) electrons. The normalized spacial score (nSPS) is 13.9. The Hall–Kier alpha value is -2.03. The summed E-state index contributed by atoms with van der Waals surface area (Å²) in [5, 5.41) is -0.182. The fourth-order valence-electron chi connectivity index (χ4n) is 3.29. The van der Waals surface area contributed by atoms with Gasteiger partial charge in [0, 0.05) is 25.3 Å². The Kier molecular flexibility index (Phi) is 5.74. The summed E-state index contributed by atoms with van der Waals surface area (Å²) in [7, 11) is -3.61. The molecular formula is C19H19ClF2N2O3S. The molecule has 150 valence electrons. The summed E-state index contributed by atoms with van der Waals surface area (Å²) in [4.78, 5) is 14.4. The van der Waals surface area contributed by atoms with Crippen molar-refractivity contribution in [2.75, 3.05) is 24.5 Å². The molecule has 28 heavy (non-hydrogen) atoms. The molecule has 0 fully saturated rings. The van der Waals surface area contributed by atoms with E-state index in [4.69, 9.17) is 11.6 Å². The number of sulfonamides is 1. The SMILES string of the molecule is CCN(CC)S(=O)(=O)c1ccc2c(c1)CCN2C(=O)c1cc(F)c(F)cc1Cl. The molecule has 0 unspecified atom stereocenters. The Morgan fingerprint density at radius 2 is 1.79 bits per heavy atom. The predicted octanol–water partition coefficient (Wildman–Crippen LogP) is 3.85. The van der Waals surface area contributed by atoms with Crippen molar-refractivity contribution in [3.8, 4) is 0 Å². The first-order valence-electron chi connectivity index (χ1n) is 8.80. The van der Waals surface area contributed by atoms with Gasteiger partial charge in [-0.15, -0.1) is 0 Å². The molecule has 2 aromatic carbocycles. The van der Waals surface area contributed by atoms with Crippen molar-refractivity contribution in [1.82, 2.24) is 4.31 Å². The van der Waals surface area contributed by atoms with Crippen LogP contribution in [-0.2, 0) is 16.4 Å². The maximum absolute atomic E-state index is 13.6. The fraction of sp³-hybridized carbons (Fsp3) is 0.316. The number of benzene rings is 2. The van der Waals surface area contributed by atoms with E-state index < -0.39 is 27.6 Å². The maximum Gasteiger partial charge on any atom is 0.259 e. The van der Waals surface area contributed by atoms with Crippen molar-refractivity contribution in [3.63, 3.8) is 0 Å². The largest absolute Gasteiger partial charge is 0.308 e. The Labute approximate surface area is 167 Å². The quantitative estimate of drug-likeness (QED) is 0.680. The number of hydrogen-bond donors (Lipinski definition) is 0. The average molecular weight is 429 g/mol. The van der Waals surface area contributed by atoms with Gasteiger partial charge in [-0.1, -0.05) is 25.4 Å². The monoisotopic (exact) mass is 428 g/mol. The molecule has 9 heteroatoms. The Morgan fingerprint density at radius 1 is 1.14 bits per heavy atom. The zero-order valence-corrected chi connectivity index (χ0v) is 16.9. The molecular weight excluding hydrogens is 410 g/mol. The van der Waals surface area contributed by atoms with Crippen LogP contribution in [-0.4, -0.2) is 38.3 Å². The molecule has 0 N–H and O–H groups in total. The third-order valence-corrected chi connectivity index (χ3v) is 7.13. The van der Waals surface area contributed by atoms with E-state index in [1.54, 1.807) is 26.0 Å². The van der Waals surface area contributed by atoms with Gasteiger partial charge in [0.2, 0.25) is 10.0 Å². The second-order valence-corrected chi connectivity index (χ2v) is 8.68. The first-order valence-corrected chi connectivity index (χ1v) is 10.6. The highest BCUT2D eigenvalue weighted by Gasteiger charge is 2.30. The van der Waals surface area contributed by atoms with Gasteiger partial charge in [-0.3, -0.25) is 4.79 Å². The number of fused-ring (bicyclic) bond motifs is 1. The number of nitrogens with zero attached hydrogens (tertiary/aromatic N) is 2. The van der Waals surface area contributed by atoms with E-state index in [-0.39, 0.29) is 22.0 Å². The third-order valence-electron chi connectivity index (χ3n) is 4.78. The Balaban J connectivity index is 1.96. The summed E-state index contributed by atoms with van der Waals surface area (Å²) in [5.74, 6) is -2.86. The summed E-state index contributed by atoms with van der Waals surface area (Å²) in [6.45, 7) is 4.53. The molecule has 0 spiro atoms. The van der Waals surface area contributed by atoms with E-state index >= 15 is 0 Å². The molecule has 1 heterocycles. The first kappa shape index (κ1) is 20.7. The zero-order valence-electron chi connectivity index (χ0n) is 15.4. The summed E-state index contributed by atoms with van der Waals surface area (Å²) in [6, 6.07) is 6.11. The van der Waals surface area contributed by atoms with Crippen LogP contribution in [0, 0.1) is 11.6 Å². The maximum atomic E-state index is 13.6. The number of anilines is 1. The zero-order chi connectivity index (χ0) is 20.6. The second-order valence-electron chi connectivity index (χ2n) is 6.33. The van der Waals surface area contributed by atoms with Crippen LogP contribution < -0.4 is 4.90 Å². The lowest BCUT2D eigenvalue weighted by Crippen LogP contribution is -2.31.